The summed E-state index contributed by atoms with van der Waals surface area (Å²) >= 11 is 0. The highest BCUT2D eigenvalue weighted by atomic mass is 16.2. The van der Waals surface area contributed by atoms with Crippen LogP contribution in [0.25, 0.3) is 0 Å². The maximum absolute atomic E-state index is 11.7. The number of anilines is 1. The molecule has 0 fully saturated rings. The van der Waals surface area contributed by atoms with E-state index < -0.39 is 6.04 Å². The maximum atomic E-state index is 11.7. The van der Waals surface area contributed by atoms with Crippen LogP contribution in [0.15, 0.2) is 18.3 Å². The van der Waals surface area contributed by atoms with Crippen molar-refractivity contribution in [2.45, 2.75) is 32.4 Å². The first-order valence-electron chi connectivity index (χ1n) is 6.19. The van der Waals surface area contributed by atoms with Gasteiger partial charge in [-0.2, -0.15) is 0 Å². The van der Waals surface area contributed by atoms with Gasteiger partial charge >= 0.3 is 0 Å². The van der Waals surface area contributed by atoms with Crippen molar-refractivity contribution in [2.75, 3.05) is 19.4 Å². The molecule has 100 valence electrons. The number of hydrogen-bond acceptors (Lipinski definition) is 4. The smallest absolute Gasteiger partial charge is 0.242 e. The van der Waals surface area contributed by atoms with Crippen LogP contribution >= 0.6 is 0 Å². The molecule has 5 heteroatoms. The monoisotopic (exact) mass is 250 g/mol. The SMILES string of the molecule is CCCC(N)C(=O)Nc1cc(CN(C)C)ccn1. The molecule has 0 aliphatic rings. The fraction of sp³-hybridized carbons (Fsp3) is 0.538. The number of aromatic nitrogens is 1. The average Bonchev–Trinajstić information content (AvgIpc) is 2.28. The lowest BCUT2D eigenvalue weighted by Crippen LogP contribution is -2.35. The summed E-state index contributed by atoms with van der Waals surface area (Å²) in [6.07, 6.45) is 3.27. The first-order valence-corrected chi connectivity index (χ1v) is 6.19. The molecule has 1 atom stereocenters. The van der Waals surface area contributed by atoms with Crippen LogP contribution in [0.2, 0.25) is 0 Å². The Kier molecular flexibility index (Phi) is 5.74. The van der Waals surface area contributed by atoms with Crippen molar-refractivity contribution in [1.29, 1.82) is 0 Å². The summed E-state index contributed by atoms with van der Waals surface area (Å²) in [6, 6.07) is 3.34. The topological polar surface area (TPSA) is 71.2 Å². The zero-order valence-electron chi connectivity index (χ0n) is 11.3. The highest BCUT2D eigenvalue weighted by Gasteiger charge is 2.12. The minimum atomic E-state index is -0.464. The third kappa shape index (κ3) is 4.81. The number of nitrogens with two attached hydrogens (primary N) is 1. The van der Waals surface area contributed by atoms with Gasteiger partial charge in [0.2, 0.25) is 5.91 Å². The van der Waals surface area contributed by atoms with E-state index in [2.05, 4.69) is 15.2 Å². The molecule has 1 amide bonds. The van der Waals surface area contributed by atoms with Crippen LogP contribution in [-0.2, 0) is 11.3 Å². The summed E-state index contributed by atoms with van der Waals surface area (Å²) in [6.45, 7) is 2.81. The average molecular weight is 250 g/mol. The van der Waals surface area contributed by atoms with Crippen LogP contribution < -0.4 is 11.1 Å². The second-order valence-corrected chi connectivity index (χ2v) is 4.67. The first-order chi connectivity index (χ1) is 8.52. The Morgan fingerprint density at radius 2 is 2.28 bits per heavy atom. The normalized spacial score (nSPS) is 12.5. The zero-order valence-corrected chi connectivity index (χ0v) is 11.3. The van der Waals surface area contributed by atoms with E-state index in [9.17, 15) is 4.79 Å². The number of amides is 1. The number of hydrogen-bond donors (Lipinski definition) is 2. The molecule has 5 nitrogen and oxygen atoms in total. The van der Waals surface area contributed by atoms with Crippen molar-refractivity contribution < 1.29 is 4.79 Å². The van der Waals surface area contributed by atoms with Crippen molar-refractivity contribution >= 4 is 11.7 Å². The summed E-state index contributed by atoms with van der Waals surface area (Å²) in [5.74, 6) is 0.386. The molecule has 1 rings (SSSR count). The third-order valence-corrected chi connectivity index (χ3v) is 2.51. The molecule has 0 saturated carbocycles. The third-order valence-electron chi connectivity index (χ3n) is 2.51. The van der Waals surface area contributed by atoms with E-state index in [4.69, 9.17) is 5.73 Å². The first kappa shape index (κ1) is 14.6. The molecule has 1 heterocycles. The lowest BCUT2D eigenvalue weighted by molar-refractivity contribution is -0.117. The second-order valence-electron chi connectivity index (χ2n) is 4.67. The Bertz CT molecular complexity index is 392. The lowest BCUT2D eigenvalue weighted by atomic mass is 10.1. The minimum absolute atomic E-state index is 0.175. The van der Waals surface area contributed by atoms with E-state index in [1.807, 2.05) is 33.2 Å². The molecule has 1 unspecified atom stereocenters. The molecule has 1 aromatic rings. The van der Waals surface area contributed by atoms with Crippen molar-refractivity contribution in [3.63, 3.8) is 0 Å². The Morgan fingerprint density at radius 3 is 2.89 bits per heavy atom. The Morgan fingerprint density at radius 1 is 1.56 bits per heavy atom. The highest BCUT2D eigenvalue weighted by molar-refractivity contribution is 5.93. The molecular formula is C13H22N4O. The van der Waals surface area contributed by atoms with Gasteiger partial charge in [0.25, 0.3) is 0 Å². The molecule has 18 heavy (non-hydrogen) atoms. The Balaban J connectivity index is 2.64. The van der Waals surface area contributed by atoms with Crippen LogP contribution in [0, 0.1) is 0 Å². The van der Waals surface area contributed by atoms with Crippen LogP contribution in [0.5, 0.6) is 0 Å². The van der Waals surface area contributed by atoms with Crippen LogP contribution in [0.4, 0.5) is 5.82 Å². The molecule has 3 N–H and O–H groups in total. The highest BCUT2D eigenvalue weighted by Crippen LogP contribution is 2.09. The van der Waals surface area contributed by atoms with Gasteiger partial charge in [-0.3, -0.25) is 4.79 Å². The number of pyridine rings is 1. The summed E-state index contributed by atoms with van der Waals surface area (Å²) in [4.78, 5) is 17.9. The van der Waals surface area contributed by atoms with Crippen LogP contribution in [0.3, 0.4) is 0 Å². The number of nitrogens with one attached hydrogen (secondary N) is 1. The summed E-state index contributed by atoms with van der Waals surface area (Å²) < 4.78 is 0. The van der Waals surface area contributed by atoms with Gasteiger partial charge in [-0.25, -0.2) is 4.98 Å². The number of carbonyl (C=O) groups is 1. The van der Waals surface area contributed by atoms with E-state index in [1.54, 1.807) is 6.20 Å². The molecule has 0 aliphatic carbocycles. The van der Waals surface area contributed by atoms with Gasteiger partial charge in [0.05, 0.1) is 6.04 Å². The van der Waals surface area contributed by atoms with Gasteiger partial charge in [-0.15, -0.1) is 0 Å². The fourth-order valence-electron chi connectivity index (χ4n) is 1.67. The molecule has 0 aliphatic heterocycles. The molecule has 0 radical (unpaired) electrons. The predicted molar refractivity (Wildman–Crippen MR) is 73.1 cm³/mol. The number of nitrogens with zero attached hydrogens (tertiary/aromatic N) is 2. The van der Waals surface area contributed by atoms with Gasteiger partial charge in [-0.1, -0.05) is 13.3 Å². The van der Waals surface area contributed by atoms with Crippen LogP contribution in [-0.4, -0.2) is 35.9 Å². The van der Waals surface area contributed by atoms with Gasteiger partial charge in [0.1, 0.15) is 5.82 Å². The molecule has 0 spiro atoms. The van der Waals surface area contributed by atoms with Crippen molar-refractivity contribution in [3.05, 3.63) is 23.9 Å². The van der Waals surface area contributed by atoms with E-state index >= 15 is 0 Å². The number of rotatable bonds is 6. The quantitative estimate of drug-likeness (QED) is 0.796. The van der Waals surface area contributed by atoms with E-state index in [-0.39, 0.29) is 5.91 Å². The summed E-state index contributed by atoms with van der Waals surface area (Å²) in [5.41, 5.74) is 6.85. The molecule has 1 aromatic heterocycles. The summed E-state index contributed by atoms with van der Waals surface area (Å²) in [5, 5.41) is 2.75. The van der Waals surface area contributed by atoms with E-state index in [0.717, 1.165) is 18.5 Å². The zero-order chi connectivity index (χ0) is 13.5. The largest absolute Gasteiger partial charge is 0.320 e. The summed E-state index contributed by atoms with van der Waals surface area (Å²) in [7, 11) is 3.99. The van der Waals surface area contributed by atoms with Gasteiger partial charge < -0.3 is 16.0 Å². The van der Waals surface area contributed by atoms with Crippen molar-refractivity contribution in [3.8, 4) is 0 Å². The Labute approximate surface area is 108 Å². The number of carbonyl (C=O) groups excluding carboxylic acids is 1. The van der Waals surface area contributed by atoms with Gasteiger partial charge in [-0.05, 0) is 38.2 Å². The van der Waals surface area contributed by atoms with Crippen LogP contribution in [0.1, 0.15) is 25.3 Å². The van der Waals surface area contributed by atoms with Crippen molar-refractivity contribution in [2.24, 2.45) is 5.73 Å². The second kappa shape index (κ2) is 7.08. The lowest BCUT2D eigenvalue weighted by Gasteiger charge is -2.13. The van der Waals surface area contributed by atoms with Crippen molar-refractivity contribution in [1.82, 2.24) is 9.88 Å². The minimum Gasteiger partial charge on any atom is -0.320 e. The molecule has 0 aromatic carbocycles. The van der Waals surface area contributed by atoms with Gasteiger partial charge in [0, 0.05) is 12.7 Å². The standard InChI is InChI=1S/C13H22N4O/c1-4-5-11(14)13(18)16-12-8-10(6-7-15-12)9-17(2)3/h6-8,11H,4-5,9,14H2,1-3H3,(H,15,16,18). The molecular weight excluding hydrogens is 228 g/mol. The van der Waals surface area contributed by atoms with E-state index in [1.165, 1.54) is 0 Å². The predicted octanol–water partition coefficient (Wildman–Crippen LogP) is 1.21. The van der Waals surface area contributed by atoms with E-state index in [0.29, 0.717) is 12.2 Å². The fourth-order valence-corrected chi connectivity index (χ4v) is 1.67. The molecule has 0 bridgehead atoms. The van der Waals surface area contributed by atoms with Gasteiger partial charge in [0.15, 0.2) is 0 Å². The maximum Gasteiger partial charge on any atom is 0.242 e. The molecule has 0 saturated heterocycles. The Hall–Kier alpha value is -1.46.